The van der Waals surface area contributed by atoms with Crippen LogP contribution >= 0.6 is 11.3 Å². The van der Waals surface area contributed by atoms with E-state index in [1.807, 2.05) is 12.3 Å². The molecule has 1 aromatic carbocycles. The van der Waals surface area contributed by atoms with Gasteiger partial charge in [-0.05, 0) is 36.6 Å². The molecule has 2 aromatic heterocycles. The highest BCUT2D eigenvalue weighted by molar-refractivity contribution is 7.22. The molecule has 0 amide bonds. The minimum absolute atomic E-state index is 0.718. The van der Waals surface area contributed by atoms with E-state index in [1.165, 1.54) is 15.0 Å². The molecule has 5 nitrogen and oxygen atoms in total. The second-order valence-electron chi connectivity index (χ2n) is 6.29. The van der Waals surface area contributed by atoms with Crippen LogP contribution in [0.4, 0.5) is 5.95 Å². The minimum Gasteiger partial charge on any atom is -0.354 e. The van der Waals surface area contributed by atoms with Gasteiger partial charge in [0.05, 0.1) is 10.6 Å². The molecule has 4 rings (SSSR count). The third kappa shape index (κ3) is 4.15. The van der Waals surface area contributed by atoms with Crippen LogP contribution in [-0.4, -0.2) is 54.1 Å². The molecule has 3 aromatic rings. The van der Waals surface area contributed by atoms with Crippen molar-refractivity contribution in [2.75, 3.05) is 44.6 Å². The van der Waals surface area contributed by atoms with Gasteiger partial charge in [0.1, 0.15) is 0 Å². The Morgan fingerprint density at radius 2 is 2.04 bits per heavy atom. The molecular formula is C19H23N5S. The van der Waals surface area contributed by atoms with Gasteiger partial charge >= 0.3 is 0 Å². The number of fused-ring (bicyclic) bond motifs is 1. The first-order chi connectivity index (χ1) is 12.4. The standard InChI is InChI=1S/C19H23N5S/c1-2-5-17-15(4-1)14-18(25-17)16-6-8-22-19(23-16)21-7-3-11-24-12-9-20-10-13-24/h1-2,4-6,8,14,20H,3,7,9-13H2,(H,21,22,23). The fourth-order valence-electron chi connectivity index (χ4n) is 3.13. The molecule has 1 saturated heterocycles. The van der Waals surface area contributed by atoms with Crippen LogP contribution in [0.1, 0.15) is 6.42 Å². The summed E-state index contributed by atoms with van der Waals surface area (Å²) in [4.78, 5) is 12.7. The molecule has 6 heteroatoms. The molecule has 0 unspecified atom stereocenters. The highest BCUT2D eigenvalue weighted by Gasteiger charge is 2.09. The van der Waals surface area contributed by atoms with E-state index in [9.17, 15) is 0 Å². The van der Waals surface area contributed by atoms with Crippen molar-refractivity contribution in [1.29, 1.82) is 0 Å². The molecule has 1 fully saturated rings. The summed E-state index contributed by atoms with van der Waals surface area (Å²) in [6, 6.07) is 12.6. The van der Waals surface area contributed by atoms with Gasteiger partial charge in [-0.15, -0.1) is 11.3 Å². The van der Waals surface area contributed by atoms with Gasteiger partial charge in [0.2, 0.25) is 5.95 Å². The minimum atomic E-state index is 0.718. The lowest BCUT2D eigenvalue weighted by molar-refractivity contribution is 0.240. The number of piperazine rings is 1. The van der Waals surface area contributed by atoms with Crippen molar-refractivity contribution < 1.29 is 0 Å². The van der Waals surface area contributed by atoms with Crippen LogP contribution < -0.4 is 10.6 Å². The van der Waals surface area contributed by atoms with Crippen LogP contribution in [0, 0.1) is 0 Å². The number of anilines is 1. The van der Waals surface area contributed by atoms with E-state index < -0.39 is 0 Å². The number of benzene rings is 1. The zero-order valence-electron chi connectivity index (χ0n) is 14.2. The van der Waals surface area contributed by atoms with E-state index in [0.717, 1.165) is 57.3 Å². The fourth-order valence-corrected chi connectivity index (χ4v) is 4.16. The molecule has 0 bridgehead atoms. The molecule has 2 N–H and O–H groups in total. The van der Waals surface area contributed by atoms with Crippen LogP contribution in [0.25, 0.3) is 20.7 Å². The normalized spacial score (nSPS) is 15.5. The topological polar surface area (TPSA) is 53.1 Å². The number of nitrogens with zero attached hydrogens (tertiary/aromatic N) is 3. The molecule has 1 aliphatic heterocycles. The summed E-state index contributed by atoms with van der Waals surface area (Å²) in [7, 11) is 0. The predicted molar refractivity (Wildman–Crippen MR) is 105 cm³/mol. The molecule has 0 radical (unpaired) electrons. The van der Waals surface area contributed by atoms with E-state index >= 15 is 0 Å². The van der Waals surface area contributed by atoms with E-state index in [-0.39, 0.29) is 0 Å². The molecule has 0 atom stereocenters. The monoisotopic (exact) mass is 353 g/mol. The van der Waals surface area contributed by atoms with E-state index in [1.54, 1.807) is 11.3 Å². The number of nitrogens with one attached hydrogen (secondary N) is 2. The lowest BCUT2D eigenvalue weighted by Crippen LogP contribution is -2.44. The van der Waals surface area contributed by atoms with Crippen LogP contribution in [0.15, 0.2) is 42.6 Å². The molecule has 1 aliphatic rings. The highest BCUT2D eigenvalue weighted by Crippen LogP contribution is 2.32. The van der Waals surface area contributed by atoms with Crippen molar-refractivity contribution in [2.24, 2.45) is 0 Å². The number of rotatable bonds is 6. The van der Waals surface area contributed by atoms with Crippen molar-refractivity contribution in [3.8, 4) is 10.6 Å². The Bertz CT molecular complexity index is 792. The molecule has 0 spiro atoms. The number of hydrogen-bond acceptors (Lipinski definition) is 6. The first kappa shape index (κ1) is 16.4. The second-order valence-corrected chi connectivity index (χ2v) is 7.37. The van der Waals surface area contributed by atoms with Gasteiger partial charge in [-0.2, -0.15) is 0 Å². The summed E-state index contributed by atoms with van der Waals surface area (Å²) in [5.74, 6) is 0.718. The van der Waals surface area contributed by atoms with Crippen molar-refractivity contribution in [3.05, 3.63) is 42.6 Å². The van der Waals surface area contributed by atoms with E-state index in [0.29, 0.717) is 0 Å². The van der Waals surface area contributed by atoms with E-state index in [4.69, 9.17) is 0 Å². The number of thiophene rings is 1. The zero-order chi connectivity index (χ0) is 16.9. The zero-order valence-corrected chi connectivity index (χ0v) is 15.1. The Morgan fingerprint density at radius 3 is 2.92 bits per heavy atom. The average molecular weight is 353 g/mol. The Kier molecular flexibility index (Phi) is 5.20. The lowest BCUT2D eigenvalue weighted by Gasteiger charge is -2.27. The molecular weight excluding hydrogens is 330 g/mol. The maximum atomic E-state index is 4.69. The van der Waals surface area contributed by atoms with Crippen molar-refractivity contribution >= 4 is 27.4 Å². The predicted octanol–water partition coefficient (Wildman–Crippen LogP) is 3.07. The maximum absolute atomic E-state index is 4.69. The summed E-state index contributed by atoms with van der Waals surface area (Å²) in [5.41, 5.74) is 0.987. The van der Waals surface area contributed by atoms with Gasteiger partial charge in [-0.3, -0.25) is 0 Å². The van der Waals surface area contributed by atoms with Crippen LogP contribution in [0.2, 0.25) is 0 Å². The molecule has 3 heterocycles. The summed E-state index contributed by atoms with van der Waals surface area (Å²) in [5, 5.41) is 8.02. The van der Waals surface area contributed by atoms with Gasteiger partial charge in [0.15, 0.2) is 0 Å². The van der Waals surface area contributed by atoms with Gasteiger partial charge < -0.3 is 15.5 Å². The van der Waals surface area contributed by atoms with Gasteiger partial charge in [-0.25, -0.2) is 9.97 Å². The molecule has 0 aliphatic carbocycles. The van der Waals surface area contributed by atoms with Crippen LogP contribution in [0.5, 0.6) is 0 Å². The smallest absolute Gasteiger partial charge is 0.223 e. The van der Waals surface area contributed by atoms with Crippen molar-refractivity contribution in [1.82, 2.24) is 20.2 Å². The summed E-state index contributed by atoms with van der Waals surface area (Å²) in [6.45, 7) is 6.54. The quantitative estimate of drug-likeness (QED) is 0.667. The largest absolute Gasteiger partial charge is 0.354 e. The highest BCUT2D eigenvalue weighted by atomic mass is 32.1. The molecule has 130 valence electrons. The van der Waals surface area contributed by atoms with Crippen LogP contribution in [-0.2, 0) is 0 Å². The SMILES string of the molecule is c1ccc2sc(-c3ccnc(NCCCN4CCNCC4)n3)cc2c1. The summed E-state index contributed by atoms with van der Waals surface area (Å²) >= 11 is 1.78. The number of aromatic nitrogens is 2. The van der Waals surface area contributed by atoms with Crippen molar-refractivity contribution in [3.63, 3.8) is 0 Å². The lowest BCUT2D eigenvalue weighted by atomic mass is 10.2. The van der Waals surface area contributed by atoms with Gasteiger partial charge in [-0.1, -0.05) is 18.2 Å². The summed E-state index contributed by atoms with van der Waals surface area (Å²) in [6.07, 6.45) is 2.95. The van der Waals surface area contributed by atoms with Crippen LogP contribution in [0.3, 0.4) is 0 Å². The van der Waals surface area contributed by atoms with Gasteiger partial charge in [0, 0.05) is 43.6 Å². The first-order valence-corrected chi connectivity index (χ1v) is 9.69. The summed E-state index contributed by atoms with van der Waals surface area (Å²) < 4.78 is 1.29. The Morgan fingerprint density at radius 1 is 1.16 bits per heavy atom. The first-order valence-electron chi connectivity index (χ1n) is 8.87. The Balaban J connectivity index is 1.36. The average Bonchev–Trinajstić information content (AvgIpc) is 3.11. The maximum Gasteiger partial charge on any atom is 0.223 e. The fraction of sp³-hybridized carbons (Fsp3) is 0.368. The number of hydrogen-bond donors (Lipinski definition) is 2. The Hall–Kier alpha value is -2.02. The molecule has 0 saturated carbocycles. The van der Waals surface area contributed by atoms with Crippen molar-refractivity contribution in [2.45, 2.75) is 6.42 Å². The second kappa shape index (κ2) is 7.91. The Labute approximate surface area is 152 Å². The van der Waals surface area contributed by atoms with Gasteiger partial charge in [0.25, 0.3) is 0 Å². The van der Waals surface area contributed by atoms with E-state index in [2.05, 4.69) is 55.8 Å². The molecule has 25 heavy (non-hydrogen) atoms. The third-order valence-corrected chi connectivity index (χ3v) is 5.62. The third-order valence-electron chi connectivity index (χ3n) is 4.48.